The fourth-order valence-corrected chi connectivity index (χ4v) is 4.76. The molecule has 2 aromatic carbocycles. The Morgan fingerprint density at radius 3 is 2.21 bits per heavy atom. The number of phenolic OH excluding ortho intramolecular Hbond substituents is 1. The van der Waals surface area contributed by atoms with Crippen LogP contribution in [0.4, 0.5) is 4.39 Å². The lowest BCUT2D eigenvalue weighted by atomic mass is 9.95. The van der Waals surface area contributed by atoms with Crippen molar-refractivity contribution in [2.45, 2.75) is 58.9 Å². The minimum Gasteiger partial charge on any atom is -0.507 e. The Bertz CT molecular complexity index is 1120. The Labute approximate surface area is 224 Å². The van der Waals surface area contributed by atoms with Crippen molar-refractivity contribution < 1.29 is 28.9 Å². The summed E-state index contributed by atoms with van der Waals surface area (Å²) in [6, 6.07) is 8.91. The van der Waals surface area contributed by atoms with Gasteiger partial charge in [-0.25, -0.2) is 4.39 Å². The van der Waals surface area contributed by atoms with E-state index >= 15 is 0 Å². The van der Waals surface area contributed by atoms with Crippen molar-refractivity contribution in [3.8, 4) is 11.5 Å². The molecule has 3 rings (SSSR count). The summed E-state index contributed by atoms with van der Waals surface area (Å²) in [5.41, 5.74) is 0.704. The zero-order valence-electron chi connectivity index (χ0n) is 22.6. The molecule has 1 saturated heterocycles. The molecule has 2 aromatic rings. The molecule has 38 heavy (non-hydrogen) atoms. The standard InChI is InChI=1S/C30H39FN2O5/c1-4-7-16-32(17-8-5-2)18-9-19-33-27(22-12-15-24(34)25(20-22)38-6-3)26(29(36)30(33)37)28(35)21-10-13-23(31)14-11-21/h10-15,20,27,34-35H,4-9,16-19H2,1-3H3/t27-/m1/s1. The molecule has 0 spiro atoms. The molecule has 1 amide bonds. The summed E-state index contributed by atoms with van der Waals surface area (Å²) in [5.74, 6) is -2.17. The van der Waals surface area contributed by atoms with Gasteiger partial charge < -0.3 is 24.7 Å². The molecule has 7 nitrogen and oxygen atoms in total. The Morgan fingerprint density at radius 1 is 0.974 bits per heavy atom. The second-order valence-electron chi connectivity index (χ2n) is 9.56. The number of carbonyl (C=O) groups is 2. The average Bonchev–Trinajstić information content (AvgIpc) is 3.16. The van der Waals surface area contributed by atoms with E-state index in [1.807, 2.05) is 0 Å². The van der Waals surface area contributed by atoms with Gasteiger partial charge in [-0.15, -0.1) is 0 Å². The number of aliphatic hydroxyl groups excluding tert-OH is 1. The van der Waals surface area contributed by atoms with Crippen LogP contribution in [0.2, 0.25) is 0 Å². The van der Waals surface area contributed by atoms with Crippen LogP contribution in [0.1, 0.15) is 70.0 Å². The van der Waals surface area contributed by atoms with E-state index in [-0.39, 0.29) is 28.4 Å². The van der Waals surface area contributed by atoms with Crippen LogP contribution < -0.4 is 4.74 Å². The van der Waals surface area contributed by atoms with Crippen LogP contribution in [0.3, 0.4) is 0 Å². The number of nitrogens with zero attached hydrogens (tertiary/aromatic N) is 2. The first kappa shape index (κ1) is 29.2. The van der Waals surface area contributed by atoms with Crippen molar-refractivity contribution >= 4 is 17.4 Å². The summed E-state index contributed by atoms with van der Waals surface area (Å²) in [6.45, 7) is 9.49. The maximum absolute atomic E-state index is 13.5. The highest BCUT2D eigenvalue weighted by Gasteiger charge is 2.46. The molecule has 1 atom stereocenters. The van der Waals surface area contributed by atoms with Gasteiger partial charge in [-0.2, -0.15) is 0 Å². The highest BCUT2D eigenvalue weighted by atomic mass is 19.1. The zero-order valence-corrected chi connectivity index (χ0v) is 22.6. The number of amides is 1. The highest BCUT2D eigenvalue weighted by molar-refractivity contribution is 6.46. The molecule has 0 saturated carbocycles. The molecule has 0 radical (unpaired) electrons. The van der Waals surface area contributed by atoms with Crippen LogP contribution in [0.15, 0.2) is 48.0 Å². The Morgan fingerprint density at radius 2 is 1.61 bits per heavy atom. The number of Topliss-reactive ketones (excluding diaryl/α,β-unsaturated/α-hetero) is 1. The number of hydrogen-bond acceptors (Lipinski definition) is 6. The lowest BCUT2D eigenvalue weighted by Gasteiger charge is -2.28. The van der Waals surface area contributed by atoms with Crippen molar-refractivity contribution in [1.82, 2.24) is 9.80 Å². The van der Waals surface area contributed by atoms with Gasteiger partial charge in [0.15, 0.2) is 11.5 Å². The van der Waals surface area contributed by atoms with Crippen LogP contribution in [-0.4, -0.2) is 64.5 Å². The van der Waals surface area contributed by atoms with Crippen molar-refractivity contribution in [3.05, 3.63) is 65.0 Å². The zero-order chi connectivity index (χ0) is 27.7. The predicted octanol–water partition coefficient (Wildman–Crippen LogP) is 5.64. The Hall–Kier alpha value is -3.39. The summed E-state index contributed by atoms with van der Waals surface area (Å²) < 4.78 is 19.1. The number of phenols is 1. The van der Waals surface area contributed by atoms with Crippen LogP contribution >= 0.6 is 0 Å². The van der Waals surface area contributed by atoms with Crippen molar-refractivity contribution in [2.75, 3.05) is 32.8 Å². The molecule has 1 fully saturated rings. The second kappa shape index (κ2) is 14.0. The van der Waals surface area contributed by atoms with E-state index < -0.39 is 23.5 Å². The van der Waals surface area contributed by atoms with Crippen LogP contribution in [0.5, 0.6) is 11.5 Å². The fourth-order valence-electron chi connectivity index (χ4n) is 4.76. The van der Waals surface area contributed by atoms with Gasteiger partial charge in [0, 0.05) is 12.1 Å². The molecule has 8 heteroatoms. The minimum absolute atomic E-state index is 0.0615. The lowest BCUT2D eigenvalue weighted by Crippen LogP contribution is -2.34. The molecular formula is C30H39FN2O5. The van der Waals surface area contributed by atoms with Gasteiger partial charge in [-0.05, 0) is 87.8 Å². The van der Waals surface area contributed by atoms with Crippen LogP contribution in [-0.2, 0) is 9.59 Å². The van der Waals surface area contributed by atoms with Crippen LogP contribution in [0.25, 0.3) is 5.76 Å². The Balaban J connectivity index is 1.98. The van der Waals surface area contributed by atoms with Gasteiger partial charge in [0.2, 0.25) is 0 Å². The number of carbonyl (C=O) groups excluding carboxylic acids is 2. The smallest absolute Gasteiger partial charge is 0.295 e. The fraction of sp³-hybridized carbons (Fsp3) is 0.467. The molecule has 0 aromatic heterocycles. The summed E-state index contributed by atoms with van der Waals surface area (Å²) >= 11 is 0. The maximum Gasteiger partial charge on any atom is 0.295 e. The number of likely N-dealkylation sites (tertiary alicyclic amines) is 1. The third-order valence-electron chi connectivity index (χ3n) is 6.79. The van der Waals surface area contributed by atoms with Gasteiger partial charge >= 0.3 is 0 Å². The molecule has 1 heterocycles. The monoisotopic (exact) mass is 526 g/mol. The van der Waals surface area contributed by atoms with Crippen molar-refractivity contribution in [2.24, 2.45) is 0 Å². The van der Waals surface area contributed by atoms with E-state index in [2.05, 4.69) is 18.7 Å². The number of halogens is 1. The molecular weight excluding hydrogens is 487 g/mol. The second-order valence-corrected chi connectivity index (χ2v) is 9.56. The first-order chi connectivity index (χ1) is 18.3. The molecule has 0 unspecified atom stereocenters. The van der Waals surface area contributed by atoms with Gasteiger partial charge in [0.1, 0.15) is 11.6 Å². The van der Waals surface area contributed by atoms with Gasteiger partial charge in [-0.1, -0.05) is 32.8 Å². The van der Waals surface area contributed by atoms with Crippen LogP contribution in [0, 0.1) is 5.82 Å². The first-order valence-electron chi connectivity index (χ1n) is 13.5. The number of hydrogen-bond donors (Lipinski definition) is 2. The van der Waals surface area contributed by atoms with Gasteiger partial charge in [0.25, 0.3) is 11.7 Å². The van der Waals surface area contributed by atoms with Gasteiger partial charge in [-0.3, -0.25) is 9.59 Å². The predicted molar refractivity (Wildman–Crippen MR) is 146 cm³/mol. The molecule has 0 bridgehead atoms. The van der Waals surface area contributed by atoms with E-state index in [1.54, 1.807) is 19.1 Å². The van der Waals surface area contributed by atoms with E-state index in [9.17, 15) is 24.2 Å². The first-order valence-corrected chi connectivity index (χ1v) is 13.5. The van der Waals surface area contributed by atoms with Crippen molar-refractivity contribution in [3.63, 3.8) is 0 Å². The SMILES string of the molecule is CCCCN(CCCC)CCCN1C(=O)C(=O)C(=C(O)c2ccc(F)cc2)[C@H]1c1ccc(O)c(OCC)c1. The van der Waals surface area contributed by atoms with E-state index in [1.165, 1.54) is 35.2 Å². The van der Waals surface area contributed by atoms with E-state index in [0.29, 0.717) is 25.1 Å². The number of benzene rings is 2. The highest BCUT2D eigenvalue weighted by Crippen LogP contribution is 2.41. The molecule has 0 aliphatic carbocycles. The maximum atomic E-state index is 13.5. The number of unbranched alkanes of at least 4 members (excludes halogenated alkanes) is 2. The lowest BCUT2D eigenvalue weighted by molar-refractivity contribution is -0.140. The van der Waals surface area contributed by atoms with E-state index in [4.69, 9.17) is 4.74 Å². The summed E-state index contributed by atoms with van der Waals surface area (Å²) in [5, 5.41) is 21.4. The largest absolute Gasteiger partial charge is 0.507 e. The third kappa shape index (κ3) is 6.92. The van der Waals surface area contributed by atoms with E-state index in [0.717, 1.165) is 45.3 Å². The summed E-state index contributed by atoms with van der Waals surface area (Å²) in [6.07, 6.45) is 5.05. The van der Waals surface area contributed by atoms with Crippen molar-refractivity contribution in [1.29, 1.82) is 0 Å². The number of aliphatic hydroxyl groups is 1. The topological polar surface area (TPSA) is 90.3 Å². The number of ketones is 1. The molecule has 206 valence electrons. The summed E-state index contributed by atoms with van der Waals surface area (Å²) in [7, 11) is 0. The minimum atomic E-state index is -0.875. The normalized spacial score (nSPS) is 17.0. The number of rotatable bonds is 14. The third-order valence-corrected chi connectivity index (χ3v) is 6.79. The Kier molecular flexibility index (Phi) is 10.7. The van der Waals surface area contributed by atoms with Gasteiger partial charge in [0.05, 0.1) is 18.2 Å². The molecule has 2 N–H and O–H groups in total. The average molecular weight is 527 g/mol. The number of ether oxygens (including phenoxy) is 1. The summed E-state index contributed by atoms with van der Waals surface area (Å²) in [4.78, 5) is 30.4. The quantitative estimate of drug-likeness (QED) is 0.188. The number of aromatic hydroxyl groups is 1. The molecule has 1 aliphatic rings. The molecule has 1 aliphatic heterocycles.